The van der Waals surface area contributed by atoms with E-state index < -0.39 is 5.60 Å². The third-order valence-electron chi connectivity index (χ3n) is 5.36. The van der Waals surface area contributed by atoms with Crippen molar-refractivity contribution in [3.05, 3.63) is 11.1 Å². The molecule has 2 rings (SSSR count). The highest BCUT2D eigenvalue weighted by molar-refractivity contribution is 5.30. The van der Waals surface area contributed by atoms with Gasteiger partial charge in [0.15, 0.2) is 0 Å². The van der Waals surface area contributed by atoms with Crippen LogP contribution in [-0.2, 0) is 0 Å². The lowest BCUT2D eigenvalue weighted by atomic mass is 9.59. The summed E-state index contributed by atoms with van der Waals surface area (Å²) in [7, 11) is 0. The Morgan fingerprint density at radius 1 is 1.28 bits per heavy atom. The molecule has 0 amide bonds. The lowest BCUT2D eigenvalue weighted by Crippen LogP contribution is -2.41. The first-order chi connectivity index (χ1) is 8.28. The number of hydrogen-bond donors (Lipinski definition) is 2. The van der Waals surface area contributed by atoms with Gasteiger partial charge in [0.25, 0.3) is 0 Å². The van der Waals surface area contributed by atoms with Crippen LogP contribution >= 0.6 is 0 Å². The molecule has 2 aliphatic carbocycles. The molecule has 0 aliphatic heterocycles. The number of fused-ring (bicyclic) bond motifs is 1. The average molecular weight is 252 g/mol. The van der Waals surface area contributed by atoms with Crippen molar-refractivity contribution in [1.82, 2.24) is 0 Å². The third kappa shape index (κ3) is 2.37. The van der Waals surface area contributed by atoms with Crippen molar-refractivity contribution in [2.75, 3.05) is 0 Å². The molecular formula is C16H28O2. The third-order valence-corrected chi connectivity index (χ3v) is 5.36. The molecule has 104 valence electrons. The van der Waals surface area contributed by atoms with Crippen LogP contribution < -0.4 is 0 Å². The van der Waals surface area contributed by atoms with Gasteiger partial charge in [-0.05, 0) is 69.3 Å². The van der Waals surface area contributed by atoms with E-state index in [4.69, 9.17) is 0 Å². The molecule has 1 saturated carbocycles. The van der Waals surface area contributed by atoms with E-state index in [-0.39, 0.29) is 11.5 Å². The van der Waals surface area contributed by atoms with E-state index >= 15 is 0 Å². The second kappa shape index (κ2) is 4.64. The number of aliphatic hydroxyl groups is 2. The standard InChI is InChI=1S/C16H28O2/c1-5-12-13-10-11(15(2,3)18)6-8-16(13,4)9-7-14(12)17/h11,14,17-18H,5-10H2,1-4H3. The number of hydrogen-bond acceptors (Lipinski definition) is 2. The molecule has 1 fully saturated rings. The Hall–Kier alpha value is -0.340. The Labute approximate surface area is 111 Å². The minimum Gasteiger partial charge on any atom is -0.390 e. The molecule has 0 radical (unpaired) electrons. The summed E-state index contributed by atoms with van der Waals surface area (Å²) in [5.41, 5.74) is 2.40. The second-order valence-corrected chi connectivity index (χ2v) is 7.07. The maximum Gasteiger partial charge on any atom is 0.0753 e. The van der Waals surface area contributed by atoms with Crippen molar-refractivity contribution in [1.29, 1.82) is 0 Å². The van der Waals surface area contributed by atoms with Gasteiger partial charge in [0.2, 0.25) is 0 Å². The molecule has 0 spiro atoms. The Balaban J connectivity index is 2.34. The normalized spacial score (nSPS) is 37.7. The lowest BCUT2D eigenvalue weighted by molar-refractivity contribution is -0.00754. The Bertz CT molecular complexity index is 351. The van der Waals surface area contributed by atoms with Gasteiger partial charge in [0.1, 0.15) is 0 Å². The molecule has 0 saturated heterocycles. The van der Waals surface area contributed by atoms with E-state index in [0.29, 0.717) is 5.92 Å². The van der Waals surface area contributed by atoms with Crippen LogP contribution in [0.3, 0.4) is 0 Å². The Morgan fingerprint density at radius 2 is 1.89 bits per heavy atom. The number of allylic oxidation sites excluding steroid dienone is 1. The lowest BCUT2D eigenvalue weighted by Gasteiger charge is -2.48. The van der Waals surface area contributed by atoms with Gasteiger partial charge in [-0.3, -0.25) is 0 Å². The maximum atomic E-state index is 10.3. The summed E-state index contributed by atoms with van der Waals surface area (Å²) in [5, 5.41) is 20.4. The monoisotopic (exact) mass is 252 g/mol. The van der Waals surface area contributed by atoms with E-state index in [9.17, 15) is 10.2 Å². The van der Waals surface area contributed by atoms with Crippen molar-refractivity contribution in [2.24, 2.45) is 11.3 Å². The van der Waals surface area contributed by atoms with E-state index in [1.54, 1.807) is 0 Å². The van der Waals surface area contributed by atoms with Crippen molar-refractivity contribution in [3.63, 3.8) is 0 Å². The van der Waals surface area contributed by atoms with Gasteiger partial charge < -0.3 is 10.2 Å². The first kappa shape index (κ1) is 14.1. The molecule has 18 heavy (non-hydrogen) atoms. The van der Waals surface area contributed by atoms with Crippen LogP contribution in [0.2, 0.25) is 0 Å². The summed E-state index contributed by atoms with van der Waals surface area (Å²) < 4.78 is 0. The van der Waals surface area contributed by atoms with E-state index in [1.807, 2.05) is 13.8 Å². The first-order valence-electron chi connectivity index (χ1n) is 7.41. The van der Waals surface area contributed by atoms with Crippen LogP contribution in [0.5, 0.6) is 0 Å². The predicted octanol–water partition coefficient (Wildman–Crippen LogP) is 3.43. The van der Waals surface area contributed by atoms with Crippen LogP contribution in [0, 0.1) is 11.3 Å². The van der Waals surface area contributed by atoms with E-state index in [1.165, 1.54) is 11.1 Å². The second-order valence-electron chi connectivity index (χ2n) is 7.07. The largest absolute Gasteiger partial charge is 0.390 e. The fraction of sp³-hybridized carbons (Fsp3) is 0.875. The van der Waals surface area contributed by atoms with Crippen LogP contribution in [-0.4, -0.2) is 21.9 Å². The highest BCUT2D eigenvalue weighted by atomic mass is 16.3. The summed E-state index contributed by atoms with van der Waals surface area (Å²) in [6.45, 7) is 8.34. The quantitative estimate of drug-likeness (QED) is 0.739. The smallest absolute Gasteiger partial charge is 0.0753 e. The van der Waals surface area contributed by atoms with Gasteiger partial charge in [-0.2, -0.15) is 0 Å². The molecule has 2 nitrogen and oxygen atoms in total. The van der Waals surface area contributed by atoms with Crippen molar-refractivity contribution >= 4 is 0 Å². The van der Waals surface area contributed by atoms with Crippen molar-refractivity contribution in [2.45, 2.75) is 77.9 Å². The van der Waals surface area contributed by atoms with E-state index in [2.05, 4.69) is 13.8 Å². The zero-order valence-electron chi connectivity index (χ0n) is 12.3. The summed E-state index contributed by atoms with van der Waals surface area (Å²) in [5.74, 6) is 0.340. The summed E-state index contributed by atoms with van der Waals surface area (Å²) in [4.78, 5) is 0. The molecule has 0 aromatic carbocycles. The molecule has 2 aliphatic rings. The molecule has 2 N–H and O–H groups in total. The SMILES string of the molecule is CCC1=C2CC(C(C)(C)O)CCC2(C)CCC1O. The van der Waals surface area contributed by atoms with Crippen LogP contribution in [0.1, 0.15) is 66.2 Å². The van der Waals surface area contributed by atoms with E-state index in [0.717, 1.165) is 38.5 Å². The summed E-state index contributed by atoms with van der Waals surface area (Å²) in [6, 6.07) is 0. The number of rotatable bonds is 2. The molecule has 2 heteroatoms. The average Bonchev–Trinajstić information content (AvgIpc) is 2.28. The molecule has 0 aromatic heterocycles. The molecule has 0 heterocycles. The van der Waals surface area contributed by atoms with Crippen LogP contribution in [0.15, 0.2) is 11.1 Å². The Kier molecular flexibility index (Phi) is 3.63. The fourth-order valence-electron chi connectivity index (χ4n) is 3.92. The van der Waals surface area contributed by atoms with Gasteiger partial charge in [-0.15, -0.1) is 0 Å². The minimum absolute atomic E-state index is 0.237. The van der Waals surface area contributed by atoms with Gasteiger partial charge in [0, 0.05) is 0 Å². The number of aliphatic hydroxyl groups excluding tert-OH is 1. The van der Waals surface area contributed by atoms with Crippen molar-refractivity contribution in [3.8, 4) is 0 Å². The predicted molar refractivity (Wildman–Crippen MR) is 74.3 cm³/mol. The highest BCUT2D eigenvalue weighted by Gasteiger charge is 2.43. The Morgan fingerprint density at radius 3 is 2.44 bits per heavy atom. The molecular weight excluding hydrogens is 224 g/mol. The summed E-state index contributed by atoms with van der Waals surface area (Å²) >= 11 is 0. The molecule has 3 unspecified atom stereocenters. The van der Waals surface area contributed by atoms with Crippen LogP contribution in [0.25, 0.3) is 0 Å². The van der Waals surface area contributed by atoms with Crippen LogP contribution in [0.4, 0.5) is 0 Å². The maximum absolute atomic E-state index is 10.3. The zero-order valence-corrected chi connectivity index (χ0v) is 12.3. The first-order valence-corrected chi connectivity index (χ1v) is 7.41. The molecule has 0 aromatic rings. The van der Waals surface area contributed by atoms with Gasteiger partial charge >= 0.3 is 0 Å². The molecule has 3 atom stereocenters. The fourth-order valence-corrected chi connectivity index (χ4v) is 3.92. The zero-order chi connectivity index (χ0) is 13.6. The van der Waals surface area contributed by atoms with Gasteiger partial charge in [-0.25, -0.2) is 0 Å². The summed E-state index contributed by atoms with van der Waals surface area (Å²) in [6.07, 6.45) is 5.97. The van der Waals surface area contributed by atoms with Gasteiger partial charge in [0.05, 0.1) is 11.7 Å². The minimum atomic E-state index is -0.602. The molecule has 0 bridgehead atoms. The van der Waals surface area contributed by atoms with Gasteiger partial charge in [-0.1, -0.05) is 19.4 Å². The van der Waals surface area contributed by atoms with Crippen molar-refractivity contribution < 1.29 is 10.2 Å². The highest BCUT2D eigenvalue weighted by Crippen LogP contribution is 2.53. The topological polar surface area (TPSA) is 40.5 Å².